The van der Waals surface area contributed by atoms with Crippen LogP contribution in [0, 0.1) is 0 Å². The van der Waals surface area contributed by atoms with Gasteiger partial charge in [0.05, 0.1) is 0 Å². The summed E-state index contributed by atoms with van der Waals surface area (Å²) >= 11 is 2.29. The van der Waals surface area contributed by atoms with E-state index in [1.807, 2.05) is 0 Å². The molecule has 0 radical (unpaired) electrons. The lowest BCUT2D eigenvalue weighted by Gasteiger charge is -1.45. The van der Waals surface area contributed by atoms with Crippen LogP contribution < -0.4 is 0 Å². The molecule has 28 valence electrons. The summed E-state index contributed by atoms with van der Waals surface area (Å²) in [6, 6.07) is 0. The second-order valence-electron chi connectivity index (χ2n) is 0.267. The summed E-state index contributed by atoms with van der Waals surface area (Å²) in [4.78, 5) is 0. The van der Waals surface area contributed by atoms with Gasteiger partial charge in [0.15, 0.2) is 0 Å². The van der Waals surface area contributed by atoms with E-state index < -0.39 is 0 Å². The molecule has 0 aromatic carbocycles. The van der Waals surface area contributed by atoms with Gasteiger partial charge in [-0.25, -0.2) is 0 Å². The van der Waals surface area contributed by atoms with Crippen molar-refractivity contribution in [2.75, 3.05) is 4.43 Å². The average Bonchev–Trinajstić information content (AvgIpc) is 0.918. The van der Waals surface area contributed by atoms with Crippen LogP contribution in [0.15, 0.2) is 0 Å². The first-order chi connectivity index (χ1) is 1.41. The second kappa shape index (κ2) is 8.90. The van der Waals surface area contributed by atoms with Crippen molar-refractivity contribution in [2.45, 2.75) is 6.92 Å². The predicted molar refractivity (Wildman–Crippen MR) is 35.7 cm³/mol. The van der Waals surface area contributed by atoms with Gasteiger partial charge in [0, 0.05) is 0 Å². The van der Waals surface area contributed by atoms with E-state index in [9.17, 15) is 0 Å². The Hall–Kier alpha value is 1.16. The first kappa shape index (κ1) is 8.94. The molecule has 0 aliphatic heterocycles. The molecule has 0 saturated carbocycles. The number of rotatable bonds is 0. The minimum Gasteiger partial charge on any atom is -0.153 e. The summed E-state index contributed by atoms with van der Waals surface area (Å²) in [5, 5.41) is 0. The average molecular weight is 190 g/mol. The fourth-order valence-corrected chi connectivity index (χ4v) is 0. The SMILES string of the molecule is CCI.P. The Bertz CT molecular complexity index is 6.00. The van der Waals surface area contributed by atoms with Crippen molar-refractivity contribution in [2.24, 2.45) is 0 Å². The third-order valence-electron chi connectivity index (χ3n) is 0. The molecule has 0 saturated heterocycles. The van der Waals surface area contributed by atoms with Gasteiger partial charge in [0.2, 0.25) is 0 Å². The lowest BCUT2D eigenvalue weighted by atomic mass is 11.0. The zero-order valence-corrected chi connectivity index (χ0v) is 6.36. The van der Waals surface area contributed by atoms with Crippen LogP contribution in [-0.4, -0.2) is 4.43 Å². The molecule has 0 aliphatic carbocycles. The van der Waals surface area contributed by atoms with Crippen molar-refractivity contribution >= 4 is 32.5 Å². The second-order valence-corrected chi connectivity index (χ2v) is 1.79. The molecule has 0 nitrogen and oxygen atoms in total. The smallest absolute Gasteiger partial charge is 0.00332 e. The van der Waals surface area contributed by atoms with E-state index in [-0.39, 0.29) is 9.90 Å². The van der Waals surface area contributed by atoms with Crippen LogP contribution in [0.3, 0.4) is 0 Å². The van der Waals surface area contributed by atoms with Gasteiger partial charge in [0.25, 0.3) is 0 Å². The molecule has 0 amide bonds. The molecular weight excluding hydrogens is 182 g/mol. The summed E-state index contributed by atoms with van der Waals surface area (Å²) in [6.07, 6.45) is 0. The van der Waals surface area contributed by atoms with Crippen molar-refractivity contribution in [3.63, 3.8) is 0 Å². The molecule has 2 heteroatoms. The molecule has 0 aliphatic rings. The van der Waals surface area contributed by atoms with Crippen LogP contribution in [0.1, 0.15) is 6.92 Å². The summed E-state index contributed by atoms with van der Waals surface area (Å²) < 4.78 is 1.22. The molecule has 1 unspecified atom stereocenters. The standard InChI is InChI=1S/C2H5I.H3P/c1-2-3;/h2H2,1H3;1H3. The molecule has 0 spiro atoms. The lowest BCUT2D eigenvalue weighted by Crippen LogP contribution is -1.33. The molecule has 0 fully saturated rings. The Morgan fingerprint density at radius 1 is 1.75 bits per heavy atom. The number of hydrogen-bond acceptors (Lipinski definition) is 0. The van der Waals surface area contributed by atoms with E-state index >= 15 is 0 Å². The van der Waals surface area contributed by atoms with Crippen LogP contribution >= 0.6 is 32.5 Å². The van der Waals surface area contributed by atoms with E-state index in [0.717, 1.165) is 0 Å². The van der Waals surface area contributed by atoms with Crippen LogP contribution in [0.2, 0.25) is 0 Å². The molecule has 0 N–H and O–H groups in total. The topological polar surface area (TPSA) is 0 Å². The van der Waals surface area contributed by atoms with Gasteiger partial charge in [-0.15, -0.1) is 0 Å². The number of hydrogen-bond donors (Lipinski definition) is 0. The van der Waals surface area contributed by atoms with E-state index in [1.54, 1.807) is 0 Å². The Balaban J connectivity index is 0. The fraction of sp³-hybridized carbons (Fsp3) is 1.00. The van der Waals surface area contributed by atoms with Crippen molar-refractivity contribution < 1.29 is 0 Å². The van der Waals surface area contributed by atoms with Gasteiger partial charge >= 0.3 is 0 Å². The molecule has 0 rings (SSSR count). The van der Waals surface area contributed by atoms with Crippen LogP contribution in [0.25, 0.3) is 0 Å². The fourth-order valence-electron chi connectivity index (χ4n) is 0. The first-order valence-electron chi connectivity index (χ1n) is 0.974. The van der Waals surface area contributed by atoms with Crippen LogP contribution in [0.5, 0.6) is 0 Å². The Morgan fingerprint density at radius 3 is 1.75 bits per heavy atom. The third-order valence-corrected chi connectivity index (χ3v) is 0. The summed E-state index contributed by atoms with van der Waals surface area (Å²) in [6.45, 7) is 2.11. The van der Waals surface area contributed by atoms with Gasteiger partial charge in [-0.1, -0.05) is 29.5 Å². The zero-order chi connectivity index (χ0) is 2.71. The van der Waals surface area contributed by atoms with Crippen LogP contribution in [-0.2, 0) is 0 Å². The Labute approximate surface area is 44.1 Å². The van der Waals surface area contributed by atoms with Gasteiger partial charge in [-0.05, 0) is 4.43 Å². The normalized spacial score (nSPS) is 4.50. The maximum atomic E-state index is 2.29. The summed E-state index contributed by atoms with van der Waals surface area (Å²) in [5.41, 5.74) is 0. The molecule has 0 bridgehead atoms. The number of halogens is 1. The maximum Gasteiger partial charge on any atom is -0.00332 e. The largest absolute Gasteiger partial charge is 0.153 e. The monoisotopic (exact) mass is 190 g/mol. The maximum absolute atomic E-state index is 2.29. The predicted octanol–water partition coefficient (Wildman–Crippen LogP) is 1.50. The van der Waals surface area contributed by atoms with Gasteiger partial charge in [0.1, 0.15) is 0 Å². The molecular formula is C2H8IP. The van der Waals surface area contributed by atoms with Gasteiger partial charge in [-0.3, -0.25) is 0 Å². The van der Waals surface area contributed by atoms with Crippen molar-refractivity contribution in [3.8, 4) is 0 Å². The highest BCUT2D eigenvalue weighted by molar-refractivity contribution is 14.1. The molecule has 4 heavy (non-hydrogen) atoms. The number of alkyl halides is 1. The van der Waals surface area contributed by atoms with Gasteiger partial charge < -0.3 is 0 Å². The highest BCUT2D eigenvalue weighted by Gasteiger charge is 1.38. The van der Waals surface area contributed by atoms with Crippen molar-refractivity contribution in [1.82, 2.24) is 0 Å². The Kier molecular flexibility index (Phi) is 19.9. The minimum atomic E-state index is 0. The highest BCUT2D eigenvalue weighted by atomic mass is 127. The van der Waals surface area contributed by atoms with E-state index in [0.29, 0.717) is 0 Å². The van der Waals surface area contributed by atoms with Crippen LogP contribution in [0.4, 0.5) is 0 Å². The van der Waals surface area contributed by atoms with E-state index in [2.05, 4.69) is 29.5 Å². The van der Waals surface area contributed by atoms with E-state index in [4.69, 9.17) is 0 Å². The molecule has 1 atom stereocenters. The minimum absolute atomic E-state index is 0. The molecule has 0 aromatic heterocycles. The lowest BCUT2D eigenvalue weighted by molar-refractivity contribution is 1.58. The summed E-state index contributed by atoms with van der Waals surface area (Å²) in [7, 11) is 0. The third kappa shape index (κ3) is 11.0. The van der Waals surface area contributed by atoms with Crippen molar-refractivity contribution in [3.05, 3.63) is 0 Å². The van der Waals surface area contributed by atoms with Crippen molar-refractivity contribution in [1.29, 1.82) is 0 Å². The quantitative estimate of drug-likeness (QED) is 0.308. The summed E-state index contributed by atoms with van der Waals surface area (Å²) in [5.74, 6) is 0. The molecule has 0 heterocycles. The molecule has 0 aromatic rings. The zero-order valence-electron chi connectivity index (χ0n) is 2.79. The highest BCUT2D eigenvalue weighted by Crippen LogP contribution is 1.69. The van der Waals surface area contributed by atoms with E-state index in [1.165, 1.54) is 4.43 Å². The first-order valence-corrected chi connectivity index (χ1v) is 2.50. The van der Waals surface area contributed by atoms with Gasteiger partial charge in [-0.2, -0.15) is 9.90 Å². The Morgan fingerprint density at radius 2 is 1.75 bits per heavy atom.